The number of carbonyl (C=O) groups excluding carboxylic acids is 1. The Balaban J connectivity index is 1.43. The molecule has 6 heteroatoms. The summed E-state index contributed by atoms with van der Waals surface area (Å²) >= 11 is 5.92. The van der Waals surface area contributed by atoms with Crippen molar-refractivity contribution in [1.82, 2.24) is 15.3 Å². The number of aromatic nitrogens is 1. The SMILES string of the molecule is O=C(NN=Cc1ccccn1)C1CCN(Cc2ccc(Cl)cc2)CC1. The predicted molar refractivity (Wildman–Crippen MR) is 99.4 cm³/mol. The van der Waals surface area contributed by atoms with Crippen molar-refractivity contribution in [2.45, 2.75) is 19.4 Å². The van der Waals surface area contributed by atoms with Crippen molar-refractivity contribution in [2.24, 2.45) is 11.0 Å². The molecule has 130 valence electrons. The van der Waals surface area contributed by atoms with Gasteiger partial charge in [-0.2, -0.15) is 5.10 Å². The quantitative estimate of drug-likeness (QED) is 0.661. The van der Waals surface area contributed by atoms with Crippen molar-refractivity contribution in [2.75, 3.05) is 13.1 Å². The summed E-state index contributed by atoms with van der Waals surface area (Å²) in [6.07, 6.45) is 4.95. The summed E-state index contributed by atoms with van der Waals surface area (Å²) in [6, 6.07) is 13.5. The molecule has 1 fully saturated rings. The van der Waals surface area contributed by atoms with E-state index in [4.69, 9.17) is 11.6 Å². The molecule has 1 aromatic heterocycles. The van der Waals surface area contributed by atoms with E-state index in [0.29, 0.717) is 0 Å². The first kappa shape index (κ1) is 17.6. The van der Waals surface area contributed by atoms with Crippen LogP contribution < -0.4 is 5.43 Å². The molecule has 25 heavy (non-hydrogen) atoms. The van der Waals surface area contributed by atoms with Gasteiger partial charge in [-0.3, -0.25) is 14.7 Å². The second-order valence-corrected chi connectivity index (χ2v) is 6.60. The van der Waals surface area contributed by atoms with Crippen LogP contribution in [-0.4, -0.2) is 35.1 Å². The smallest absolute Gasteiger partial charge is 0.243 e. The van der Waals surface area contributed by atoms with Gasteiger partial charge < -0.3 is 0 Å². The summed E-state index contributed by atoms with van der Waals surface area (Å²) in [7, 11) is 0. The third-order valence-electron chi connectivity index (χ3n) is 4.34. The molecule has 1 N–H and O–H groups in total. The molecular weight excluding hydrogens is 336 g/mol. The number of pyridine rings is 1. The van der Waals surface area contributed by atoms with E-state index in [2.05, 4.69) is 20.4 Å². The highest BCUT2D eigenvalue weighted by Gasteiger charge is 2.24. The Bertz CT molecular complexity index is 710. The van der Waals surface area contributed by atoms with Crippen molar-refractivity contribution in [3.8, 4) is 0 Å². The number of carbonyl (C=O) groups is 1. The number of benzene rings is 1. The molecule has 0 radical (unpaired) electrons. The van der Waals surface area contributed by atoms with Crippen molar-refractivity contribution in [3.05, 3.63) is 64.9 Å². The molecule has 1 aromatic carbocycles. The standard InChI is InChI=1S/C19H21ClN4O/c20-17-6-4-15(5-7-17)14-24-11-8-16(9-12-24)19(25)23-22-13-18-3-1-2-10-21-18/h1-7,10,13,16H,8-9,11-12,14H2,(H,23,25). The zero-order chi connectivity index (χ0) is 17.5. The fourth-order valence-electron chi connectivity index (χ4n) is 2.91. The molecule has 3 rings (SSSR count). The molecule has 0 aliphatic carbocycles. The van der Waals surface area contributed by atoms with Crippen molar-refractivity contribution >= 4 is 23.7 Å². The van der Waals surface area contributed by atoms with Crippen LogP contribution >= 0.6 is 11.6 Å². The van der Waals surface area contributed by atoms with Gasteiger partial charge in [-0.1, -0.05) is 29.8 Å². The van der Waals surface area contributed by atoms with E-state index in [1.54, 1.807) is 12.4 Å². The Hall–Kier alpha value is -2.24. The van der Waals surface area contributed by atoms with Gasteiger partial charge in [0.25, 0.3) is 0 Å². The van der Waals surface area contributed by atoms with Crippen LogP contribution in [0.5, 0.6) is 0 Å². The molecule has 5 nitrogen and oxygen atoms in total. The Kier molecular flexibility index (Phi) is 6.14. The minimum Gasteiger partial charge on any atom is -0.299 e. The van der Waals surface area contributed by atoms with Gasteiger partial charge in [-0.25, -0.2) is 5.43 Å². The van der Waals surface area contributed by atoms with Gasteiger partial charge >= 0.3 is 0 Å². The van der Waals surface area contributed by atoms with E-state index in [-0.39, 0.29) is 11.8 Å². The molecule has 2 heterocycles. The van der Waals surface area contributed by atoms with Crippen LogP contribution in [0.15, 0.2) is 53.8 Å². The van der Waals surface area contributed by atoms with Gasteiger partial charge in [0.2, 0.25) is 5.91 Å². The lowest BCUT2D eigenvalue weighted by atomic mass is 9.96. The second kappa shape index (κ2) is 8.74. The number of piperidine rings is 1. The molecule has 0 atom stereocenters. The summed E-state index contributed by atoms with van der Waals surface area (Å²) in [5.41, 5.74) is 4.59. The molecule has 0 unspecified atom stereocenters. The van der Waals surface area contributed by atoms with E-state index in [1.807, 2.05) is 42.5 Å². The number of nitrogens with zero attached hydrogens (tertiary/aromatic N) is 3. The minimum atomic E-state index is -0.0154. The first-order chi connectivity index (χ1) is 12.2. The molecular formula is C19H21ClN4O. The Morgan fingerprint density at radius 1 is 1.24 bits per heavy atom. The summed E-state index contributed by atoms with van der Waals surface area (Å²) in [5, 5.41) is 4.75. The van der Waals surface area contributed by atoms with E-state index in [0.717, 1.165) is 43.2 Å². The average Bonchev–Trinajstić information content (AvgIpc) is 2.65. The van der Waals surface area contributed by atoms with Crippen molar-refractivity contribution in [3.63, 3.8) is 0 Å². The molecule has 0 spiro atoms. The lowest BCUT2D eigenvalue weighted by Gasteiger charge is -2.30. The van der Waals surface area contributed by atoms with Crippen LogP contribution in [0.3, 0.4) is 0 Å². The summed E-state index contributed by atoms with van der Waals surface area (Å²) in [4.78, 5) is 18.7. The Morgan fingerprint density at radius 2 is 2.00 bits per heavy atom. The zero-order valence-corrected chi connectivity index (χ0v) is 14.7. The minimum absolute atomic E-state index is 0.0154. The molecule has 1 saturated heterocycles. The highest BCUT2D eigenvalue weighted by molar-refractivity contribution is 6.30. The Labute approximate surface area is 152 Å². The number of rotatable bonds is 5. The number of hydrogen-bond donors (Lipinski definition) is 1. The molecule has 1 aliphatic rings. The maximum Gasteiger partial charge on any atom is 0.243 e. The number of likely N-dealkylation sites (tertiary alicyclic amines) is 1. The fourth-order valence-corrected chi connectivity index (χ4v) is 3.03. The first-order valence-electron chi connectivity index (χ1n) is 8.41. The maximum absolute atomic E-state index is 12.2. The highest BCUT2D eigenvalue weighted by atomic mass is 35.5. The summed E-state index contributed by atoms with van der Waals surface area (Å²) in [5.74, 6) is 0.000624. The summed E-state index contributed by atoms with van der Waals surface area (Å²) in [6.45, 7) is 2.71. The number of amides is 1. The van der Waals surface area contributed by atoms with Crippen molar-refractivity contribution in [1.29, 1.82) is 0 Å². The first-order valence-corrected chi connectivity index (χ1v) is 8.79. The van der Waals surface area contributed by atoms with Gasteiger partial charge in [0, 0.05) is 23.7 Å². The second-order valence-electron chi connectivity index (χ2n) is 6.17. The maximum atomic E-state index is 12.2. The van der Waals surface area contributed by atoms with Crippen molar-refractivity contribution < 1.29 is 4.79 Å². The highest BCUT2D eigenvalue weighted by Crippen LogP contribution is 2.20. The lowest BCUT2D eigenvalue weighted by Crippen LogP contribution is -2.39. The van der Waals surface area contributed by atoms with E-state index in [1.165, 1.54) is 5.56 Å². The lowest BCUT2D eigenvalue weighted by molar-refractivity contribution is -0.126. The van der Waals surface area contributed by atoms with Gasteiger partial charge in [0.05, 0.1) is 11.9 Å². The van der Waals surface area contributed by atoms with Crippen LogP contribution in [0.1, 0.15) is 24.1 Å². The topological polar surface area (TPSA) is 57.6 Å². The van der Waals surface area contributed by atoms with E-state index >= 15 is 0 Å². The molecule has 1 aliphatic heterocycles. The zero-order valence-electron chi connectivity index (χ0n) is 13.9. The van der Waals surface area contributed by atoms with Crippen LogP contribution in [-0.2, 0) is 11.3 Å². The van der Waals surface area contributed by atoms with Gasteiger partial charge in [0.1, 0.15) is 0 Å². The average molecular weight is 357 g/mol. The fraction of sp³-hybridized carbons (Fsp3) is 0.316. The molecule has 1 amide bonds. The molecule has 0 saturated carbocycles. The van der Waals surface area contributed by atoms with Gasteiger partial charge in [-0.05, 0) is 55.8 Å². The van der Waals surface area contributed by atoms with Gasteiger partial charge in [0.15, 0.2) is 0 Å². The number of halogens is 1. The normalized spacial score (nSPS) is 16.2. The Morgan fingerprint density at radius 3 is 2.68 bits per heavy atom. The number of nitrogens with one attached hydrogen (secondary N) is 1. The van der Waals surface area contributed by atoms with E-state index < -0.39 is 0 Å². The predicted octanol–water partition coefficient (Wildman–Crippen LogP) is 3.10. The summed E-state index contributed by atoms with van der Waals surface area (Å²) < 4.78 is 0. The monoisotopic (exact) mass is 356 g/mol. The van der Waals surface area contributed by atoms with Gasteiger partial charge in [-0.15, -0.1) is 0 Å². The van der Waals surface area contributed by atoms with Crippen LogP contribution in [0.25, 0.3) is 0 Å². The molecule has 0 bridgehead atoms. The number of hydrazone groups is 1. The third-order valence-corrected chi connectivity index (χ3v) is 4.59. The van der Waals surface area contributed by atoms with Crippen LogP contribution in [0, 0.1) is 5.92 Å². The third kappa shape index (κ3) is 5.37. The largest absolute Gasteiger partial charge is 0.299 e. The van der Waals surface area contributed by atoms with Crippen LogP contribution in [0.2, 0.25) is 5.02 Å². The van der Waals surface area contributed by atoms with Crippen LogP contribution in [0.4, 0.5) is 0 Å². The molecule has 2 aromatic rings. The van der Waals surface area contributed by atoms with E-state index in [9.17, 15) is 4.79 Å². The number of hydrogen-bond acceptors (Lipinski definition) is 4.